The second kappa shape index (κ2) is 7.52. The zero-order valence-corrected chi connectivity index (χ0v) is 12.0. The minimum Gasteiger partial charge on any atom is -0.313 e. The van der Waals surface area contributed by atoms with Crippen molar-refractivity contribution in [1.29, 1.82) is 0 Å². The second-order valence-electron chi connectivity index (χ2n) is 5.49. The molecule has 18 heavy (non-hydrogen) atoms. The smallest absolute Gasteiger partial charge is 0.123 e. The molecule has 0 radical (unpaired) electrons. The van der Waals surface area contributed by atoms with E-state index in [-0.39, 0.29) is 5.82 Å². The van der Waals surface area contributed by atoms with Crippen LogP contribution in [0.1, 0.15) is 39.7 Å². The van der Waals surface area contributed by atoms with E-state index >= 15 is 0 Å². The standard InChI is InChI=1S/C16H26FN/c1-5-10-18-16(13(4)12(2)3)11-14-6-8-15(17)9-7-14/h6-9,12-13,16,18H,5,10-11H2,1-4H3. The van der Waals surface area contributed by atoms with E-state index in [9.17, 15) is 4.39 Å². The first-order valence-electron chi connectivity index (χ1n) is 7.02. The Hall–Kier alpha value is -0.890. The second-order valence-corrected chi connectivity index (χ2v) is 5.49. The van der Waals surface area contributed by atoms with Crippen molar-refractivity contribution < 1.29 is 4.39 Å². The van der Waals surface area contributed by atoms with Gasteiger partial charge >= 0.3 is 0 Å². The summed E-state index contributed by atoms with van der Waals surface area (Å²) < 4.78 is 12.9. The third kappa shape index (κ3) is 4.77. The first kappa shape index (κ1) is 15.2. The molecule has 2 atom stereocenters. The molecule has 0 amide bonds. The highest BCUT2D eigenvalue weighted by Crippen LogP contribution is 2.18. The Morgan fingerprint density at radius 3 is 2.22 bits per heavy atom. The zero-order valence-electron chi connectivity index (χ0n) is 12.0. The molecule has 0 aliphatic carbocycles. The minimum absolute atomic E-state index is 0.159. The van der Waals surface area contributed by atoms with Crippen molar-refractivity contribution in [3.8, 4) is 0 Å². The lowest BCUT2D eigenvalue weighted by Gasteiger charge is -2.28. The first-order chi connectivity index (χ1) is 8.54. The molecule has 1 rings (SSSR count). The Bertz CT molecular complexity index is 331. The molecular formula is C16H26FN. The van der Waals surface area contributed by atoms with Gasteiger partial charge in [-0.3, -0.25) is 0 Å². The fraction of sp³-hybridized carbons (Fsp3) is 0.625. The van der Waals surface area contributed by atoms with Gasteiger partial charge in [-0.25, -0.2) is 4.39 Å². The van der Waals surface area contributed by atoms with E-state index in [1.54, 1.807) is 12.1 Å². The highest BCUT2D eigenvalue weighted by atomic mass is 19.1. The van der Waals surface area contributed by atoms with E-state index in [2.05, 4.69) is 33.0 Å². The molecule has 0 saturated carbocycles. The largest absolute Gasteiger partial charge is 0.313 e. The van der Waals surface area contributed by atoms with Crippen molar-refractivity contribution in [3.05, 3.63) is 35.6 Å². The molecule has 0 heterocycles. The number of halogens is 1. The van der Waals surface area contributed by atoms with Crippen LogP contribution < -0.4 is 5.32 Å². The van der Waals surface area contributed by atoms with E-state index in [0.29, 0.717) is 17.9 Å². The van der Waals surface area contributed by atoms with Gasteiger partial charge in [0.1, 0.15) is 5.82 Å². The highest BCUT2D eigenvalue weighted by Gasteiger charge is 2.19. The van der Waals surface area contributed by atoms with Gasteiger partial charge in [-0.05, 0) is 48.9 Å². The summed E-state index contributed by atoms with van der Waals surface area (Å²) in [5.41, 5.74) is 1.21. The van der Waals surface area contributed by atoms with Crippen LogP contribution in [-0.4, -0.2) is 12.6 Å². The van der Waals surface area contributed by atoms with Gasteiger partial charge in [0.15, 0.2) is 0 Å². The van der Waals surface area contributed by atoms with Crippen LogP contribution >= 0.6 is 0 Å². The van der Waals surface area contributed by atoms with Crippen LogP contribution in [0.4, 0.5) is 4.39 Å². The third-order valence-corrected chi connectivity index (χ3v) is 3.71. The molecule has 1 aromatic carbocycles. The van der Waals surface area contributed by atoms with Crippen LogP contribution in [0.2, 0.25) is 0 Å². The van der Waals surface area contributed by atoms with Crippen LogP contribution in [0, 0.1) is 17.7 Å². The quantitative estimate of drug-likeness (QED) is 0.771. The van der Waals surface area contributed by atoms with Crippen molar-refractivity contribution in [2.75, 3.05) is 6.54 Å². The number of benzene rings is 1. The molecule has 0 aliphatic heterocycles. The van der Waals surface area contributed by atoms with Crippen LogP contribution in [0.15, 0.2) is 24.3 Å². The van der Waals surface area contributed by atoms with Gasteiger partial charge in [0.2, 0.25) is 0 Å². The maximum absolute atomic E-state index is 12.9. The van der Waals surface area contributed by atoms with Crippen LogP contribution in [-0.2, 0) is 6.42 Å². The van der Waals surface area contributed by atoms with Gasteiger partial charge in [-0.2, -0.15) is 0 Å². The van der Waals surface area contributed by atoms with Gasteiger partial charge in [-0.15, -0.1) is 0 Å². The first-order valence-corrected chi connectivity index (χ1v) is 7.02. The van der Waals surface area contributed by atoms with Crippen molar-refractivity contribution in [2.24, 2.45) is 11.8 Å². The summed E-state index contributed by atoms with van der Waals surface area (Å²) in [4.78, 5) is 0. The third-order valence-electron chi connectivity index (χ3n) is 3.71. The van der Waals surface area contributed by atoms with Crippen LogP contribution in [0.5, 0.6) is 0 Å². The van der Waals surface area contributed by atoms with E-state index in [1.165, 1.54) is 5.56 Å². The van der Waals surface area contributed by atoms with E-state index in [4.69, 9.17) is 0 Å². The summed E-state index contributed by atoms with van der Waals surface area (Å²) in [6.45, 7) is 10.0. The van der Waals surface area contributed by atoms with Crippen molar-refractivity contribution in [2.45, 2.75) is 46.6 Å². The normalized spacial score (nSPS) is 14.8. The molecule has 0 saturated heterocycles. The summed E-state index contributed by atoms with van der Waals surface area (Å²) in [7, 11) is 0. The average Bonchev–Trinajstić information content (AvgIpc) is 2.35. The molecule has 0 fully saturated rings. The zero-order chi connectivity index (χ0) is 13.5. The number of hydrogen-bond acceptors (Lipinski definition) is 1. The molecule has 1 aromatic rings. The summed E-state index contributed by atoms with van der Waals surface area (Å²) in [5.74, 6) is 1.11. The number of nitrogens with one attached hydrogen (secondary N) is 1. The van der Waals surface area contributed by atoms with E-state index in [1.807, 2.05) is 12.1 Å². The highest BCUT2D eigenvalue weighted by molar-refractivity contribution is 5.17. The molecule has 2 unspecified atom stereocenters. The Morgan fingerprint density at radius 2 is 1.72 bits per heavy atom. The topological polar surface area (TPSA) is 12.0 Å². The SMILES string of the molecule is CCCNC(Cc1ccc(F)cc1)C(C)C(C)C. The van der Waals surface area contributed by atoms with E-state index < -0.39 is 0 Å². The maximum atomic E-state index is 12.9. The molecule has 102 valence electrons. The predicted octanol–water partition coefficient (Wildman–Crippen LogP) is 4.03. The van der Waals surface area contributed by atoms with Crippen molar-refractivity contribution in [1.82, 2.24) is 5.32 Å². The fourth-order valence-electron chi connectivity index (χ4n) is 2.11. The summed E-state index contributed by atoms with van der Waals surface area (Å²) in [6.07, 6.45) is 2.12. The van der Waals surface area contributed by atoms with Crippen LogP contribution in [0.25, 0.3) is 0 Å². The van der Waals surface area contributed by atoms with Gasteiger partial charge in [0, 0.05) is 6.04 Å². The summed E-state index contributed by atoms with van der Waals surface area (Å²) in [5, 5.41) is 3.62. The maximum Gasteiger partial charge on any atom is 0.123 e. The lowest BCUT2D eigenvalue weighted by Crippen LogP contribution is -2.39. The number of hydrogen-bond donors (Lipinski definition) is 1. The van der Waals surface area contributed by atoms with Gasteiger partial charge < -0.3 is 5.32 Å². The molecule has 2 heteroatoms. The Morgan fingerprint density at radius 1 is 1.11 bits per heavy atom. The van der Waals surface area contributed by atoms with Crippen LogP contribution in [0.3, 0.4) is 0 Å². The fourth-order valence-corrected chi connectivity index (χ4v) is 2.11. The number of rotatable bonds is 7. The Balaban J connectivity index is 2.68. The molecule has 0 bridgehead atoms. The molecule has 1 nitrogen and oxygen atoms in total. The predicted molar refractivity (Wildman–Crippen MR) is 76.2 cm³/mol. The van der Waals surface area contributed by atoms with Gasteiger partial charge in [-0.1, -0.05) is 39.8 Å². The monoisotopic (exact) mass is 251 g/mol. The molecule has 1 N–H and O–H groups in total. The van der Waals surface area contributed by atoms with Gasteiger partial charge in [0.05, 0.1) is 0 Å². The molecular weight excluding hydrogens is 225 g/mol. The lowest BCUT2D eigenvalue weighted by molar-refractivity contribution is 0.297. The molecule has 0 spiro atoms. The van der Waals surface area contributed by atoms with Crippen molar-refractivity contribution in [3.63, 3.8) is 0 Å². The molecule has 0 aliphatic rings. The Kier molecular flexibility index (Phi) is 6.34. The van der Waals surface area contributed by atoms with Crippen molar-refractivity contribution >= 4 is 0 Å². The average molecular weight is 251 g/mol. The van der Waals surface area contributed by atoms with E-state index in [0.717, 1.165) is 19.4 Å². The summed E-state index contributed by atoms with van der Waals surface area (Å²) in [6, 6.07) is 7.35. The van der Waals surface area contributed by atoms with Gasteiger partial charge in [0.25, 0.3) is 0 Å². The lowest BCUT2D eigenvalue weighted by atomic mass is 9.86. The molecule has 0 aromatic heterocycles. The Labute approximate surface area is 111 Å². The summed E-state index contributed by atoms with van der Waals surface area (Å²) >= 11 is 0. The minimum atomic E-state index is -0.159.